The molecule has 22 heavy (non-hydrogen) atoms. The molecule has 2 N–H and O–H groups in total. The lowest BCUT2D eigenvalue weighted by Crippen LogP contribution is -2.02. The Morgan fingerprint density at radius 1 is 0.864 bits per heavy atom. The van der Waals surface area contributed by atoms with Crippen LogP contribution in [0.3, 0.4) is 0 Å². The van der Waals surface area contributed by atoms with E-state index in [1.165, 1.54) is 11.1 Å². The molecule has 0 saturated heterocycles. The van der Waals surface area contributed by atoms with Crippen LogP contribution in [0.15, 0.2) is 53.1 Å². The van der Waals surface area contributed by atoms with Gasteiger partial charge in [-0.25, -0.2) is 0 Å². The smallest absolute Gasteiger partial charge is 0.146 e. The van der Waals surface area contributed by atoms with Gasteiger partial charge in [0, 0.05) is 12.0 Å². The predicted octanol–water partition coefficient (Wildman–Crippen LogP) is 4.13. The van der Waals surface area contributed by atoms with Gasteiger partial charge < -0.3 is 10.3 Å². The molecule has 0 unspecified atom stereocenters. The summed E-state index contributed by atoms with van der Waals surface area (Å²) in [7, 11) is 0. The van der Waals surface area contributed by atoms with Crippen molar-refractivity contribution in [1.29, 1.82) is 0 Å². The van der Waals surface area contributed by atoms with Crippen molar-refractivity contribution in [1.82, 2.24) is 5.16 Å². The first kappa shape index (κ1) is 14.5. The molecule has 3 nitrogen and oxygen atoms in total. The fourth-order valence-electron chi connectivity index (χ4n) is 2.55. The van der Waals surface area contributed by atoms with Gasteiger partial charge in [-0.3, -0.25) is 0 Å². The summed E-state index contributed by atoms with van der Waals surface area (Å²) in [5, 5.41) is 4.30. The maximum absolute atomic E-state index is 5.71. The molecule has 3 heteroatoms. The van der Waals surface area contributed by atoms with Crippen LogP contribution in [-0.2, 0) is 6.42 Å². The normalized spacial score (nSPS) is 10.9. The number of hydrogen-bond acceptors (Lipinski definition) is 3. The summed E-state index contributed by atoms with van der Waals surface area (Å²) >= 11 is 0. The molecule has 0 aliphatic heterocycles. The highest BCUT2D eigenvalue weighted by Crippen LogP contribution is 2.35. The topological polar surface area (TPSA) is 52.0 Å². The van der Waals surface area contributed by atoms with Gasteiger partial charge in [0.25, 0.3) is 0 Å². The molecule has 3 aromatic rings. The van der Waals surface area contributed by atoms with E-state index in [1.54, 1.807) is 0 Å². The Bertz CT molecular complexity index is 755. The molecule has 0 fully saturated rings. The molecule has 2 aromatic carbocycles. The van der Waals surface area contributed by atoms with Gasteiger partial charge in [0.1, 0.15) is 11.5 Å². The second-order valence-corrected chi connectivity index (χ2v) is 5.60. The number of nitrogens with zero attached hydrogens (tertiary/aromatic N) is 1. The van der Waals surface area contributed by atoms with Crippen LogP contribution in [0.4, 0.5) is 0 Å². The molecule has 0 atom stereocenters. The molecule has 0 saturated carbocycles. The number of benzene rings is 2. The Kier molecular flexibility index (Phi) is 4.07. The van der Waals surface area contributed by atoms with Gasteiger partial charge in [-0.1, -0.05) is 64.8 Å². The zero-order chi connectivity index (χ0) is 15.5. The number of aryl methyl sites for hydroxylation is 2. The quantitative estimate of drug-likeness (QED) is 0.786. The van der Waals surface area contributed by atoms with E-state index < -0.39 is 0 Å². The summed E-state index contributed by atoms with van der Waals surface area (Å²) < 4.78 is 5.58. The van der Waals surface area contributed by atoms with E-state index in [4.69, 9.17) is 10.3 Å². The average molecular weight is 292 g/mol. The van der Waals surface area contributed by atoms with E-state index in [-0.39, 0.29) is 0 Å². The summed E-state index contributed by atoms with van der Waals surface area (Å²) in [6.45, 7) is 4.70. The summed E-state index contributed by atoms with van der Waals surface area (Å²) in [5.74, 6) is 0.849. The van der Waals surface area contributed by atoms with Gasteiger partial charge in [-0.05, 0) is 26.0 Å². The molecule has 3 rings (SSSR count). The van der Waals surface area contributed by atoms with Crippen molar-refractivity contribution in [2.75, 3.05) is 6.54 Å². The molecule has 0 bridgehead atoms. The van der Waals surface area contributed by atoms with Gasteiger partial charge in [0.05, 0.1) is 5.56 Å². The highest BCUT2D eigenvalue weighted by molar-refractivity contribution is 5.82. The minimum absolute atomic E-state index is 0.543. The largest absolute Gasteiger partial charge is 0.360 e. The van der Waals surface area contributed by atoms with Crippen molar-refractivity contribution in [3.63, 3.8) is 0 Å². The van der Waals surface area contributed by atoms with E-state index >= 15 is 0 Å². The highest BCUT2D eigenvalue weighted by atomic mass is 16.5. The number of nitrogens with two attached hydrogens (primary N) is 1. The van der Waals surface area contributed by atoms with Crippen LogP contribution >= 0.6 is 0 Å². The Hall–Kier alpha value is -2.39. The lowest BCUT2D eigenvalue weighted by Gasteiger charge is -2.05. The Balaban J connectivity index is 2.14. The fourth-order valence-corrected chi connectivity index (χ4v) is 2.55. The molecular formula is C19H20N2O. The number of aromatic nitrogens is 1. The Morgan fingerprint density at radius 3 is 1.95 bits per heavy atom. The van der Waals surface area contributed by atoms with Crippen molar-refractivity contribution in [3.05, 3.63) is 65.4 Å². The van der Waals surface area contributed by atoms with Crippen LogP contribution in [0.2, 0.25) is 0 Å². The van der Waals surface area contributed by atoms with E-state index in [0.717, 1.165) is 28.1 Å². The summed E-state index contributed by atoms with van der Waals surface area (Å²) in [6, 6.07) is 16.8. The van der Waals surface area contributed by atoms with Crippen LogP contribution in [0.5, 0.6) is 0 Å². The molecule has 0 aliphatic carbocycles. The third kappa shape index (κ3) is 2.81. The average Bonchev–Trinajstić information content (AvgIpc) is 2.93. The zero-order valence-corrected chi connectivity index (χ0v) is 13.0. The molecule has 0 spiro atoms. The molecule has 0 aliphatic rings. The monoisotopic (exact) mass is 292 g/mol. The molecule has 1 heterocycles. The molecule has 0 amide bonds. The van der Waals surface area contributed by atoms with Crippen LogP contribution in [-0.4, -0.2) is 11.7 Å². The molecule has 1 aromatic heterocycles. The lowest BCUT2D eigenvalue weighted by atomic mass is 9.97. The first-order valence-electron chi connectivity index (χ1n) is 7.51. The second-order valence-electron chi connectivity index (χ2n) is 5.60. The predicted molar refractivity (Wildman–Crippen MR) is 89.6 cm³/mol. The van der Waals surface area contributed by atoms with Crippen LogP contribution in [0.25, 0.3) is 22.4 Å². The third-order valence-electron chi connectivity index (χ3n) is 3.80. The SMILES string of the molecule is Cc1ccc(-c2noc(CCN)c2-c2ccc(C)cc2)cc1. The molecular weight excluding hydrogens is 272 g/mol. The van der Waals surface area contributed by atoms with Crippen LogP contribution in [0.1, 0.15) is 16.9 Å². The van der Waals surface area contributed by atoms with Gasteiger partial charge >= 0.3 is 0 Å². The van der Waals surface area contributed by atoms with Crippen LogP contribution < -0.4 is 5.73 Å². The Labute approximate surface area is 130 Å². The zero-order valence-electron chi connectivity index (χ0n) is 13.0. The van der Waals surface area contributed by atoms with Crippen molar-refractivity contribution in [3.8, 4) is 22.4 Å². The maximum atomic E-state index is 5.71. The second kappa shape index (κ2) is 6.16. The summed E-state index contributed by atoms with van der Waals surface area (Å²) in [4.78, 5) is 0. The first-order chi connectivity index (χ1) is 10.7. The number of hydrogen-bond donors (Lipinski definition) is 1. The van der Waals surface area contributed by atoms with Gasteiger partial charge in [0.2, 0.25) is 0 Å². The summed E-state index contributed by atoms with van der Waals surface area (Å²) in [5.41, 5.74) is 12.3. The third-order valence-corrected chi connectivity index (χ3v) is 3.80. The van der Waals surface area contributed by atoms with Crippen molar-refractivity contribution in [2.24, 2.45) is 5.73 Å². The van der Waals surface area contributed by atoms with Gasteiger partial charge in [0.15, 0.2) is 0 Å². The van der Waals surface area contributed by atoms with E-state index in [9.17, 15) is 0 Å². The highest BCUT2D eigenvalue weighted by Gasteiger charge is 2.18. The van der Waals surface area contributed by atoms with Gasteiger partial charge in [-0.2, -0.15) is 0 Å². The lowest BCUT2D eigenvalue weighted by molar-refractivity contribution is 0.387. The van der Waals surface area contributed by atoms with Crippen molar-refractivity contribution >= 4 is 0 Å². The van der Waals surface area contributed by atoms with Gasteiger partial charge in [-0.15, -0.1) is 0 Å². The van der Waals surface area contributed by atoms with E-state index in [1.807, 2.05) is 0 Å². The molecule has 112 valence electrons. The standard InChI is InChI=1S/C19H20N2O/c1-13-3-7-15(8-4-13)18-17(11-12-20)22-21-19(18)16-9-5-14(2)6-10-16/h3-10H,11-12,20H2,1-2H3. The van der Waals surface area contributed by atoms with Crippen molar-refractivity contribution in [2.45, 2.75) is 20.3 Å². The van der Waals surface area contributed by atoms with E-state index in [0.29, 0.717) is 13.0 Å². The maximum Gasteiger partial charge on any atom is 0.146 e. The Morgan fingerprint density at radius 2 is 1.41 bits per heavy atom. The minimum Gasteiger partial charge on any atom is -0.360 e. The summed E-state index contributed by atoms with van der Waals surface area (Å²) in [6.07, 6.45) is 0.683. The van der Waals surface area contributed by atoms with E-state index in [2.05, 4.69) is 67.5 Å². The molecule has 0 radical (unpaired) electrons. The van der Waals surface area contributed by atoms with Crippen LogP contribution in [0, 0.1) is 13.8 Å². The fraction of sp³-hybridized carbons (Fsp3) is 0.211. The first-order valence-corrected chi connectivity index (χ1v) is 7.51. The number of rotatable bonds is 4. The van der Waals surface area contributed by atoms with Crippen molar-refractivity contribution < 1.29 is 4.52 Å². The minimum atomic E-state index is 0.543.